The van der Waals surface area contributed by atoms with Gasteiger partial charge in [-0.3, -0.25) is 4.40 Å². The first kappa shape index (κ1) is 15.0. The third-order valence-electron chi connectivity index (χ3n) is 3.93. The van der Waals surface area contributed by atoms with Gasteiger partial charge in [0.25, 0.3) is 0 Å². The molecule has 25 heavy (non-hydrogen) atoms. The number of imidazole rings is 1. The van der Waals surface area contributed by atoms with Gasteiger partial charge < -0.3 is 10.2 Å². The molecule has 4 rings (SSSR count). The number of hydrogen-bond acceptors (Lipinski definition) is 4. The number of pyridine rings is 1. The molecule has 0 aliphatic rings. The second-order valence-electron chi connectivity index (χ2n) is 5.55. The molecule has 2 aromatic heterocycles. The smallest absolute Gasteiger partial charge is 0.165 e. The molecule has 0 atom stereocenters. The van der Waals surface area contributed by atoms with Crippen molar-refractivity contribution >= 4 is 17.7 Å². The van der Waals surface area contributed by atoms with Crippen molar-refractivity contribution in [3.05, 3.63) is 78.5 Å². The van der Waals surface area contributed by atoms with Crippen molar-refractivity contribution in [1.82, 2.24) is 9.38 Å². The van der Waals surface area contributed by atoms with Crippen LogP contribution in [0.25, 0.3) is 16.9 Å². The summed E-state index contributed by atoms with van der Waals surface area (Å²) in [5.74, 6) is 0.884. The minimum atomic E-state index is 0.143. The largest absolute Gasteiger partial charge is 0.507 e. The summed E-state index contributed by atoms with van der Waals surface area (Å²) in [7, 11) is 0. The van der Waals surface area contributed by atoms with E-state index < -0.39 is 0 Å². The van der Waals surface area contributed by atoms with Gasteiger partial charge in [0.2, 0.25) is 0 Å². The minimum absolute atomic E-state index is 0.143. The second kappa shape index (κ2) is 6.13. The number of para-hydroxylation sites is 2. The Labute approximate surface area is 144 Å². The molecule has 0 fully saturated rings. The summed E-state index contributed by atoms with van der Waals surface area (Å²) in [5, 5.41) is 20.1. The number of hydrogen-bond donors (Lipinski definition) is 2. The van der Waals surface area contributed by atoms with Crippen LogP contribution in [0.1, 0.15) is 5.56 Å². The normalized spacial score (nSPS) is 11.4. The molecule has 0 radical (unpaired) electrons. The van der Waals surface area contributed by atoms with Crippen LogP contribution in [0.5, 0.6) is 11.5 Å². The first-order chi connectivity index (χ1) is 12.2. The number of aromatic nitrogens is 2. The lowest BCUT2D eigenvalue weighted by atomic mass is 10.1. The Morgan fingerprint density at radius 2 is 1.56 bits per heavy atom. The molecule has 0 amide bonds. The zero-order chi connectivity index (χ0) is 17.2. The van der Waals surface area contributed by atoms with Gasteiger partial charge in [-0.1, -0.05) is 30.3 Å². The van der Waals surface area contributed by atoms with E-state index in [-0.39, 0.29) is 11.5 Å². The highest BCUT2D eigenvalue weighted by molar-refractivity contribution is 5.88. The van der Waals surface area contributed by atoms with E-state index in [4.69, 9.17) is 0 Å². The van der Waals surface area contributed by atoms with Gasteiger partial charge in [0.05, 0.1) is 0 Å². The first-order valence-corrected chi connectivity index (χ1v) is 7.81. The summed E-state index contributed by atoms with van der Waals surface area (Å²) in [6.07, 6.45) is 3.46. The molecule has 0 bridgehead atoms. The highest BCUT2D eigenvalue weighted by Crippen LogP contribution is 2.36. The molecule has 0 aliphatic heterocycles. The van der Waals surface area contributed by atoms with E-state index in [0.717, 1.165) is 5.65 Å². The molecular formula is C20H15N3O2. The maximum absolute atomic E-state index is 10.2. The maximum atomic E-state index is 10.2. The van der Waals surface area contributed by atoms with Gasteiger partial charge in [-0.25, -0.2) is 9.98 Å². The zero-order valence-corrected chi connectivity index (χ0v) is 13.2. The number of benzene rings is 2. The molecule has 2 N–H and O–H groups in total. The molecule has 4 aromatic rings. The van der Waals surface area contributed by atoms with Crippen molar-refractivity contribution in [2.45, 2.75) is 0 Å². The summed E-state index contributed by atoms with van der Waals surface area (Å²) in [5.41, 5.74) is 2.52. The third kappa shape index (κ3) is 2.72. The highest BCUT2D eigenvalue weighted by Gasteiger charge is 2.15. The molecule has 0 unspecified atom stereocenters. The standard InChI is InChI=1S/C20H15N3O2/c24-16-9-3-1-7-14(16)13-21-20-19(15-8-2-4-10-17(15)25)22-18-11-5-6-12-23(18)20/h1-13,24-25H. The van der Waals surface area contributed by atoms with Crippen LogP contribution in [0, 0.1) is 0 Å². The van der Waals surface area contributed by atoms with Crippen LogP contribution in [0.15, 0.2) is 77.9 Å². The Balaban J connectivity index is 1.91. The summed E-state index contributed by atoms with van der Waals surface area (Å²) >= 11 is 0. The van der Waals surface area contributed by atoms with E-state index in [2.05, 4.69) is 9.98 Å². The SMILES string of the molecule is Oc1ccccc1C=Nc1c(-c2ccccc2O)nc2ccccn12. The summed E-state index contributed by atoms with van der Waals surface area (Å²) in [4.78, 5) is 9.15. The number of aromatic hydroxyl groups is 2. The van der Waals surface area contributed by atoms with Crippen molar-refractivity contribution in [3.8, 4) is 22.8 Å². The second-order valence-corrected chi connectivity index (χ2v) is 5.55. The number of nitrogens with zero attached hydrogens (tertiary/aromatic N) is 3. The van der Waals surface area contributed by atoms with E-state index in [1.54, 1.807) is 42.6 Å². The van der Waals surface area contributed by atoms with Gasteiger partial charge in [0.1, 0.15) is 22.8 Å². The Morgan fingerprint density at radius 3 is 2.36 bits per heavy atom. The summed E-state index contributed by atoms with van der Waals surface area (Å²) in [6, 6.07) is 19.7. The van der Waals surface area contributed by atoms with Crippen molar-refractivity contribution in [3.63, 3.8) is 0 Å². The van der Waals surface area contributed by atoms with E-state index in [0.29, 0.717) is 22.6 Å². The van der Waals surface area contributed by atoms with E-state index in [9.17, 15) is 10.2 Å². The monoisotopic (exact) mass is 329 g/mol. The van der Waals surface area contributed by atoms with Crippen molar-refractivity contribution in [2.24, 2.45) is 4.99 Å². The topological polar surface area (TPSA) is 70.1 Å². The van der Waals surface area contributed by atoms with Gasteiger partial charge in [0, 0.05) is 23.5 Å². The van der Waals surface area contributed by atoms with Crippen molar-refractivity contribution in [1.29, 1.82) is 0 Å². The summed E-state index contributed by atoms with van der Waals surface area (Å²) in [6.45, 7) is 0. The van der Waals surface area contributed by atoms with Crippen molar-refractivity contribution < 1.29 is 10.2 Å². The molecule has 0 spiro atoms. The van der Waals surface area contributed by atoms with Gasteiger partial charge in [-0.15, -0.1) is 0 Å². The molecular weight excluding hydrogens is 314 g/mol. The molecule has 0 saturated carbocycles. The fraction of sp³-hybridized carbons (Fsp3) is 0. The van der Waals surface area contributed by atoms with Crippen LogP contribution in [-0.4, -0.2) is 25.8 Å². The Hall–Kier alpha value is -3.60. The lowest BCUT2D eigenvalue weighted by Crippen LogP contribution is -1.85. The highest BCUT2D eigenvalue weighted by atomic mass is 16.3. The van der Waals surface area contributed by atoms with Gasteiger partial charge in [-0.2, -0.15) is 0 Å². The summed E-state index contributed by atoms with van der Waals surface area (Å²) < 4.78 is 1.85. The van der Waals surface area contributed by atoms with Crippen LogP contribution in [0.4, 0.5) is 5.82 Å². The molecule has 0 aliphatic carbocycles. The van der Waals surface area contributed by atoms with Crippen LogP contribution < -0.4 is 0 Å². The van der Waals surface area contributed by atoms with E-state index in [1.165, 1.54) is 0 Å². The Morgan fingerprint density at radius 1 is 0.840 bits per heavy atom. The molecule has 122 valence electrons. The molecule has 5 heteroatoms. The zero-order valence-electron chi connectivity index (χ0n) is 13.2. The minimum Gasteiger partial charge on any atom is -0.507 e. The van der Waals surface area contributed by atoms with Crippen LogP contribution in [-0.2, 0) is 0 Å². The number of aliphatic imine (C=N–C) groups is 1. The molecule has 0 saturated heterocycles. The van der Waals surface area contributed by atoms with E-state index >= 15 is 0 Å². The fourth-order valence-corrected chi connectivity index (χ4v) is 2.69. The number of phenols is 2. The van der Waals surface area contributed by atoms with Gasteiger partial charge in [0.15, 0.2) is 5.82 Å². The first-order valence-electron chi connectivity index (χ1n) is 7.81. The van der Waals surface area contributed by atoms with Crippen LogP contribution in [0.2, 0.25) is 0 Å². The lowest BCUT2D eigenvalue weighted by molar-refractivity contribution is 0.474. The third-order valence-corrected chi connectivity index (χ3v) is 3.93. The Bertz CT molecular complexity index is 1080. The quantitative estimate of drug-likeness (QED) is 0.554. The van der Waals surface area contributed by atoms with Gasteiger partial charge >= 0.3 is 0 Å². The average molecular weight is 329 g/mol. The predicted molar refractivity (Wildman–Crippen MR) is 97.7 cm³/mol. The van der Waals surface area contributed by atoms with Crippen molar-refractivity contribution in [2.75, 3.05) is 0 Å². The van der Waals surface area contributed by atoms with Crippen LogP contribution in [0.3, 0.4) is 0 Å². The molecule has 2 heterocycles. The maximum Gasteiger partial charge on any atom is 0.165 e. The molecule has 2 aromatic carbocycles. The van der Waals surface area contributed by atoms with Crippen LogP contribution >= 0.6 is 0 Å². The van der Waals surface area contributed by atoms with Gasteiger partial charge in [-0.05, 0) is 36.4 Å². The average Bonchev–Trinajstić information content (AvgIpc) is 3.00. The fourth-order valence-electron chi connectivity index (χ4n) is 2.69. The number of rotatable bonds is 3. The van der Waals surface area contributed by atoms with E-state index in [1.807, 2.05) is 40.9 Å². The molecule has 5 nitrogen and oxygen atoms in total. The number of fused-ring (bicyclic) bond motifs is 1. The predicted octanol–water partition coefficient (Wildman–Crippen LogP) is 4.16. The number of phenolic OH excluding ortho intramolecular Hbond substituents is 2. The lowest BCUT2D eigenvalue weighted by Gasteiger charge is -2.03. The Kier molecular flexibility index (Phi) is 3.67.